The maximum Gasteiger partial charge on any atom is 0.0931 e. The van der Waals surface area contributed by atoms with Gasteiger partial charge in [-0.3, -0.25) is 4.99 Å². The van der Waals surface area contributed by atoms with E-state index in [1.165, 1.54) is 6.42 Å². The van der Waals surface area contributed by atoms with E-state index in [9.17, 15) is 0 Å². The van der Waals surface area contributed by atoms with Crippen molar-refractivity contribution in [2.24, 2.45) is 4.99 Å². The molecular weight excluding hydrogens is 124 g/mol. The molecule has 0 amide bonds. The molecule has 10 heavy (non-hydrogen) atoms. The van der Waals surface area contributed by atoms with Crippen LogP contribution in [0.4, 0.5) is 0 Å². The minimum atomic E-state index is 0.947. The van der Waals surface area contributed by atoms with Crippen molar-refractivity contribution >= 4 is 5.84 Å². The summed E-state index contributed by atoms with van der Waals surface area (Å²) in [6, 6.07) is 0. The lowest BCUT2D eigenvalue weighted by atomic mass is 10.4. The van der Waals surface area contributed by atoms with Gasteiger partial charge in [0.25, 0.3) is 0 Å². The predicted molar refractivity (Wildman–Crippen MR) is 46.6 cm³/mol. The van der Waals surface area contributed by atoms with Crippen LogP contribution in [0.15, 0.2) is 4.99 Å². The van der Waals surface area contributed by atoms with Crippen molar-refractivity contribution in [3.05, 3.63) is 0 Å². The van der Waals surface area contributed by atoms with Gasteiger partial charge in [-0.05, 0) is 19.8 Å². The number of nitrogens with zero attached hydrogens (tertiary/aromatic N) is 1. The van der Waals surface area contributed by atoms with Crippen molar-refractivity contribution in [3.63, 3.8) is 0 Å². The maximum atomic E-state index is 4.29. The van der Waals surface area contributed by atoms with E-state index in [1.54, 1.807) is 0 Å². The van der Waals surface area contributed by atoms with Gasteiger partial charge in [0.15, 0.2) is 0 Å². The summed E-state index contributed by atoms with van der Waals surface area (Å²) in [5.74, 6) is 1.07. The Hall–Kier alpha value is -0.530. The minimum Gasteiger partial charge on any atom is -0.374 e. The molecule has 0 unspecified atom stereocenters. The Labute approximate surface area is 63.7 Å². The first kappa shape index (κ1) is 9.47. The fourth-order valence-electron chi connectivity index (χ4n) is 0.641. The van der Waals surface area contributed by atoms with Crippen molar-refractivity contribution in [1.29, 1.82) is 0 Å². The van der Waals surface area contributed by atoms with Gasteiger partial charge in [-0.25, -0.2) is 0 Å². The molecule has 0 saturated heterocycles. The van der Waals surface area contributed by atoms with E-state index in [0.717, 1.165) is 25.3 Å². The fraction of sp³-hybridized carbons (Fsp3) is 0.875. The highest BCUT2D eigenvalue weighted by Gasteiger charge is 1.84. The Morgan fingerprint density at radius 2 is 2.00 bits per heavy atom. The van der Waals surface area contributed by atoms with E-state index in [4.69, 9.17) is 0 Å². The van der Waals surface area contributed by atoms with Crippen LogP contribution in [0.2, 0.25) is 0 Å². The van der Waals surface area contributed by atoms with Crippen LogP contribution < -0.4 is 5.32 Å². The van der Waals surface area contributed by atoms with Gasteiger partial charge >= 0.3 is 0 Å². The molecule has 0 saturated carbocycles. The van der Waals surface area contributed by atoms with Gasteiger partial charge in [0.1, 0.15) is 0 Å². The largest absolute Gasteiger partial charge is 0.374 e. The average molecular weight is 142 g/mol. The molecule has 0 aromatic heterocycles. The Morgan fingerprint density at radius 3 is 2.50 bits per heavy atom. The SMILES string of the molecule is CCCN=C(C)NCCC. The molecule has 0 aromatic rings. The lowest BCUT2D eigenvalue weighted by Gasteiger charge is -2.01. The molecule has 0 spiro atoms. The zero-order valence-electron chi connectivity index (χ0n) is 7.28. The van der Waals surface area contributed by atoms with Gasteiger partial charge < -0.3 is 5.32 Å². The van der Waals surface area contributed by atoms with Crippen molar-refractivity contribution in [3.8, 4) is 0 Å². The topological polar surface area (TPSA) is 24.4 Å². The Balaban J connectivity index is 3.30. The molecule has 1 N–H and O–H groups in total. The molecule has 0 fully saturated rings. The second kappa shape index (κ2) is 6.59. The van der Waals surface area contributed by atoms with E-state index in [0.29, 0.717) is 0 Å². The quantitative estimate of drug-likeness (QED) is 0.470. The molecule has 0 heterocycles. The third kappa shape index (κ3) is 5.60. The third-order valence-electron chi connectivity index (χ3n) is 1.20. The van der Waals surface area contributed by atoms with E-state index in [1.807, 2.05) is 6.92 Å². The van der Waals surface area contributed by atoms with Gasteiger partial charge in [0, 0.05) is 13.1 Å². The Kier molecular flexibility index (Phi) is 6.24. The number of hydrogen-bond donors (Lipinski definition) is 1. The molecule has 60 valence electrons. The lowest BCUT2D eigenvalue weighted by molar-refractivity contribution is 0.823. The molecule has 0 aliphatic heterocycles. The monoisotopic (exact) mass is 142 g/mol. The first-order valence-corrected chi connectivity index (χ1v) is 4.06. The van der Waals surface area contributed by atoms with E-state index in [2.05, 4.69) is 24.2 Å². The summed E-state index contributed by atoms with van der Waals surface area (Å²) < 4.78 is 0. The fourth-order valence-corrected chi connectivity index (χ4v) is 0.641. The molecule has 0 aromatic carbocycles. The van der Waals surface area contributed by atoms with Crippen LogP contribution in [-0.2, 0) is 0 Å². The minimum absolute atomic E-state index is 0.947. The molecule has 0 rings (SSSR count). The smallest absolute Gasteiger partial charge is 0.0931 e. The van der Waals surface area contributed by atoms with Crippen LogP contribution in [0.5, 0.6) is 0 Å². The zero-order valence-corrected chi connectivity index (χ0v) is 7.28. The summed E-state index contributed by atoms with van der Waals surface area (Å²) in [5, 5.41) is 3.22. The maximum absolute atomic E-state index is 4.29. The molecule has 0 atom stereocenters. The lowest BCUT2D eigenvalue weighted by Crippen LogP contribution is -2.21. The summed E-state index contributed by atoms with van der Waals surface area (Å²) in [5.41, 5.74) is 0. The summed E-state index contributed by atoms with van der Waals surface area (Å²) in [6.07, 6.45) is 2.30. The van der Waals surface area contributed by atoms with Crippen molar-refractivity contribution in [1.82, 2.24) is 5.32 Å². The van der Waals surface area contributed by atoms with Crippen molar-refractivity contribution in [2.45, 2.75) is 33.6 Å². The van der Waals surface area contributed by atoms with Gasteiger partial charge in [-0.2, -0.15) is 0 Å². The van der Waals surface area contributed by atoms with Crippen molar-refractivity contribution in [2.75, 3.05) is 13.1 Å². The summed E-state index contributed by atoms with van der Waals surface area (Å²) in [6.45, 7) is 8.30. The van der Waals surface area contributed by atoms with E-state index >= 15 is 0 Å². The highest BCUT2D eigenvalue weighted by atomic mass is 15.0. The van der Waals surface area contributed by atoms with Crippen LogP contribution in [0.1, 0.15) is 33.6 Å². The number of rotatable bonds is 4. The zero-order chi connectivity index (χ0) is 7.82. The number of amidine groups is 1. The molecule has 0 aliphatic rings. The molecular formula is C8H18N2. The number of aliphatic imine (C=N–C) groups is 1. The summed E-state index contributed by atoms with van der Waals surface area (Å²) in [7, 11) is 0. The van der Waals surface area contributed by atoms with E-state index < -0.39 is 0 Å². The second-order valence-corrected chi connectivity index (χ2v) is 2.39. The van der Waals surface area contributed by atoms with E-state index in [-0.39, 0.29) is 0 Å². The van der Waals surface area contributed by atoms with Gasteiger partial charge in [-0.1, -0.05) is 13.8 Å². The standard InChI is InChI=1S/C8H18N2/c1-4-6-9-8(3)10-7-5-2/h4-7H2,1-3H3,(H,9,10). The highest BCUT2D eigenvalue weighted by Crippen LogP contribution is 1.79. The molecule has 0 radical (unpaired) electrons. The van der Waals surface area contributed by atoms with Crippen LogP contribution in [-0.4, -0.2) is 18.9 Å². The highest BCUT2D eigenvalue weighted by molar-refractivity contribution is 5.79. The van der Waals surface area contributed by atoms with Crippen LogP contribution in [0, 0.1) is 0 Å². The first-order chi connectivity index (χ1) is 4.81. The Morgan fingerprint density at radius 1 is 1.30 bits per heavy atom. The third-order valence-corrected chi connectivity index (χ3v) is 1.20. The Bertz CT molecular complexity index is 97.4. The first-order valence-electron chi connectivity index (χ1n) is 4.06. The normalized spacial score (nSPS) is 11.7. The van der Waals surface area contributed by atoms with Crippen molar-refractivity contribution < 1.29 is 0 Å². The van der Waals surface area contributed by atoms with Gasteiger partial charge in [0.05, 0.1) is 5.84 Å². The second-order valence-electron chi connectivity index (χ2n) is 2.39. The molecule has 2 nitrogen and oxygen atoms in total. The molecule has 0 aliphatic carbocycles. The molecule has 2 heteroatoms. The van der Waals surface area contributed by atoms with Gasteiger partial charge in [-0.15, -0.1) is 0 Å². The summed E-state index contributed by atoms with van der Waals surface area (Å²) in [4.78, 5) is 4.29. The molecule has 0 bridgehead atoms. The number of hydrogen-bond acceptors (Lipinski definition) is 1. The number of nitrogens with one attached hydrogen (secondary N) is 1. The van der Waals surface area contributed by atoms with Crippen LogP contribution in [0.3, 0.4) is 0 Å². The average Bonchev–Trinajstić information content (AvgIpc) is 1.97. The summed E-state index contributed by atoms with van der Waals surface area (Å²) >= 11 is 0. The predicted octanol–water partition coefficient (Wildman–Crippen LogP) is 1.81. The van der Waals surface area contributed by atoms with Crippen LogP contribution >= 0.6 is 0 Å². The van der Waals surface area contributed by atoms with Gasteiger partial charge in [0.2, 0.25) is 0 Å². The van der Waals surface area contributed by atoms with Crippen LogP contribution in [0.25, 0.3) is 0 Å².